The molecule has 0 heterocycles. The van der Waals surface area contributed by atoms with Gasteiger partial charge in [-0.15, -0.1) is 0 Å². The number of rotatable bonds is 4. The maximum atomic E-state index is 12.9. The van der Waals surface area contributed by atoms with E-state index in [2.05, 4.69) is 0 Å². The Bertz CT molecular complexity index is 301. The van der Waals surface area contributed by atoms with Crippen molar-refractivity contribution in [3.8, 4) is 0 Å². The molecule has 0 spiro atoms. The predicted molar refractivity (Wildman–Crippen MR) is 45.3 cm³/mol. The van der Waals surface area contributed by atoms with E-state index in [9.17, 15) is 9.18 Å². The molecule has 0 unspecified atom stereocenters. The molecule has 0 saturated heterocycles. The first-order valence-electron chi connectivity index (χ1n) is 3.79. The molecule has 70 valence electrons. The van der Waals surface area contributed by atoms with Crippen LogP contribution in [-0.4, -0.2) is 12.5 Å². The van der Waals surface area contributed by atoms with E-state index in [0.717, 1.165) is 0 Å². The number of carbonyl (C=O) groups excluding carboxylic acids is 1. The summed E-state index contributed by atoms with van der Waals surface area (Å²) < 4.78 is 17.8. The Morgan fingerprint density at radius 3 is 2.77 bits per heavy atom. The minimum Gasteiger partial charge on any atom is -0.368 e. The van der Waals surface area contributed by atoms with E-state index in [-0.39, 0.29) is 19.0 Å². The molecule has 4 heteroatoms. The molecule has 1 aromatic carbocycles. The highest BCUT2D eigenvalue weighted by atomic mass is 19.1. The zero-order chi connectivity index (χ0) is 9.68. The van der Waals surface area contributed by atoms with Gasteiger partial charge in [0, 0.05) is 5.56 Å². The van der Waals surface area contributed by atoms with Crippen molar-refractivity contribution in [2.24, 2.45) is 5.73 Å². The molecule has 0 radical (unpaired) electrons. The minimum absolute atomic E-state index is 0.0651. The molecular formula is C9H10FNO2. The fourth-order valence-corrected chi connectivity index (χ4v) is 0.877. The molecule has 1 rings (SSSR count). The van der Waals surface area contributed by atoms with E-state index >= 15 is 0 Å². The van der Waals surface area contributed by atoms with Gasteiger partial charge >= 0.3 is 0 Å². The summed E-state index contributed by atoms with van der Waals surface area (Å²) in [4.78, 5) is 10.3. The third-order valence-electron chi connectivity index (χ3n) is 1.46. The first kappa shape index (κ1) is 9.67. The number of nitrogens with two attached hydrogens (primary N) is 1. The van der Waals surface area contributed by atoms with Crippen LogP contribution in [0.15, 0.2) is 24.3 Å². The van der Waals surface area contributed by atoms with Gasteiger partial charge < -0.3 is 10.5 Å². The summed E-state index contributed by atoms with van der Waals surface area (Å²) in [5.41, 5.74) is 5.26. The summed E-state index contributed by atoms with van der Waals surface area (Å²) in [5.74, 6) is -0.900. The lowest BCUT2D eigenvalue weighted by Gasteiger charge is -2.02. The van der Waals surface area contributed by atoms with Gasteiger partial charge in [-0.25, -0.2) is 4.39 Å². The molecule has 0 bridgehead atoms. The normalized spacial score (nSPS) is 9.92. The predicted octanol–water partition coefficient (Wildman–Crippen LogP) is 0.828. The summed E-state index contributed by atoms with van der Waals surface area (Å²) in [6, 6.07) is 6.22. The Balaban J connectivity index is 2.45. The minimum atomic E-state index is -0.559. The van der Waals surface area contributed by atoms with E-state index in [1.165, 1.54) is 6.07 Å². The zero-order valence-corrected chi connectivity index (χ0v) is 7.00. The molecule has 0 fully saturated rings. The van der Waals surface area contributed by atoms with Gasteiger partial charge in [0.05, 0.1) is 6.61 Å². The van der Waals surface area contributed by atoms with Gasteiger partial charge in [-0.1, -0.05) is 18.2 Å². The fraction of sp³-hybridized carbons (Fsp3) is 0.222. The number of halogens is 1. The van der Waals surface area contributed by atoms with Crippen LogP contribution in [0.25, 0.3) is 0 Å². The second-order valence-electron chi connectivity index (χ2n) is 2.55. The lowest BCUT2D eigenvalue weighted by atomic mass is 10.2. The monoisotopic (exact) mass is 183 g/mol. The third-order valence-corrected chi connectivity index (χ3v) is 1.46. The number of carbonyl (C=O) groups is 1. The van der Waals surface area contributed by atoms with E-state index in [1.807, 2.05) is 0 Å². The zero-order valence-electron chi connectivity index (χ0n) is 7.00. The third kappa shape index (κ3) is 3.21. The molecule has 0 aromatic heterocycles. The van der Waals surface area contributed by atoms with Crippen LogP contribution in [0.4, 0.5) is 4.39 Å². The van der Waals surface area contributed by atoms with Crippen molar-refractivity contribution >= 4 is 5.91 Å². The Morgan fingerprint density at radius 1 is 1.46 bits per heavy atom. The van der Waals surface area contributed by atoms with Gasteiger partial charge in [-0.2, -0.15) is 0 Å². The first-order chi connectivity index (χ1) is 6.20. The van der Waals surface area contributed by atoms with E-state index in [1.54, 1.807) is 18.2 Å². The Morgan fingerprint density at radius 2 is 2.15 bits per heavy atom. The second-order valence-corrected chi connectivity index (χ2v) is 2.55. The maximum Gasteiger partial charge on any atom is 0.243 e. The molecule has 0 aliphatic rings. The molecule has 13 heavy (non-hydrogen) atoms. The smallest absolute Gasteiger partial charge is 0.243 e. The number of benzene rings is 1. The molecular weight excluding hydrogens is 173 g/mol. The van der Waals surface area contributed by atoms with Crippen LogP contribution in [-0.2, 0) is 16.1 Å². The molecule has 2 N–H and O–H groups in total. The van der Waals surface area contributed by atoms with Crippen molar-refractivity contribution in [1.82, 2.24) is 0 Å². The summed E-state index contributed by atoms with van der Waals surface area (Å²) in [7, 11) is 0. The van der Waals surface area contributed by atoms with E-state index in [4.69, 9.17) is 10.5 Å². The van der Waals surface area contributed by atoms with Gasteiger partial charge in [-0.3, -0.25) is 4.79 Å². The number of hydrogen-bond acceptors (Lipinski definition) is 2. The summed E-state index contributed by atoms with van der Waals surface area (Å²) >= 11 is 0. The number of hydrogen-bond donors (Lipinski definition) is 1. The van der Waals surface area contributed by atoms with E-state index < -0.39 is 5.91 Å². The molecule has 0 aliphatic heterocycles. The first-order valence-corrected chi connectivity index (χ1v) is 3.79. The van der Waals surface area contributed by atoms with Crippen LogP contribution in [0.5, 0.6) is 0 Å². The summed E-state index contributed by atoms with van der Waals surface area (Å²) in [6.07, 6.45) is 0. The molecule has 1 amide bonds. The van der Waals surface area contributed by atoms with Crippen molar-refractivity contribution < 1.29 is 13.9 Å². The Kier molecular flexibility index (Phi) is 3.40. The van der Waals surface area contributed by atoms with Crippen LogP contribution in [0.2, 0.25) is 0 Å². The van der Waals surface area contributed by atoms with Crippen molar-refractivity contribution in [3.63, 3.8) is 0 Å². The van der Waals surface area contributed by atoms with Gasteiger partial charge in [0.15, 0.2) is 0 Å². The standard InChI is InChI=1S/C9H10FNO2/c10-8-4-2-1-3-7(8)5-13-6-9(11)12/h1-4H,5-6H2,(H2,11,12). The van der Waals surface area contributed by atoms with E-state index in [0.29, 0.717) is 5.56 Å². The maximum absolute atomic E-state index is 12.9. The quantitative estimate of drug-likeness (QED) is 0.751. The summed E-state index contributed by atoms with van der Waals surface area (Å²) in [6.45, 7) is -0.121. The number of amides is 1. The molecule has 3 nitrogen and oxygen atoms in total. The van der Waals surface area contributed by atoms with Crippen molar-refractivity contribution in [1.29, 1.82) is 0 Å². The topological polar surface area (TPSA) is 52.3 Å². The average Bonchev–Trinajstić information content (AvgIpc) is 2.08. The van der Waals surface area contributed by atoms with Crippen LogP contribution < -0.4 is 5.73 Å². The highest BCUT2D eigenvalue weighted by Gasteiger charge is 2.00. The van der Waals surface area contributed by atoms with Gasteiger partial charge in [0.25, 0.3) is 0 Å². The average molecular weight is 183 g/mol. The van der Waals surface area contributed by atoms with Gasteiger partial charge in [-0.05, 0) is 6.07 Å². The van der Waals surface area contributed by atoms with Gasteiger partial charge in [0.2, 0.25) is 5.91 Å². The highest BCUT2D eigenvalue weighted by Crippen LogP contribution is 2.06. The van der Waals surface area contributed by atoms with Crippen molar-refractivity contribution in [2.45, 2.75) is 6.61 Å². The summed E-state index contributed by atoms with van der Waals surface area (Å²) in [5, 5.41) is 0. The lowest BCUT2D eigenvalue weighted by Crippen LogP contribution is -2.18. The number of primary amides is 1. The highest BCUT2D eigenvalue weighted by molar-refractivity contribution is 5.74. The van der Waals surface area contributed by atoms with Crippen molar-refractivity contribution in [2.75, 3.05) is 6.61 Å². The lowest BCUT2D eigenvalue weighted by molar-refractivity contribution is -0.122. The van der Waals surface area contributed by atoms with Gasteiger partial charge in [0.1, 0.15) is 12.4 Å². The van der Waals surface area contributed by atoms with Crippen LogP contribution >= 0.6 is 0 Å². The second kappa shape index (κ2) is 4.57. The van der Waals surface area contributed by atoms with Crippen molar-refractivity contribution in [3.05, 3.63) is 35.6 Å². The molecule has 1 aromatic rings. The fourth-order valence-electron chi connectivity index (χ4n) is 0.877. The number of ether oxygens (including phenoxy) is 1. The van der Waals surface area contributed by atoms with Crippen LogP contribution in [0.3, 0.4) is 0 Å². The molecule has 0 aliphatic carbocycles. The van der Waals surface area contributed by atoms with Crippen LogP contribution in [0, 0.1) is 5.82 Å². The Labute approximate surface area is 75.3 Å². The Hall–Kier alpha value is -1.42. The largest absolute Gasteiger partial charge is 0.368 e. The molecule has 0 saturated carbocycles. The van der Waals surface area contributed by atoms with Crippen LogP contribution in [0.1, 0.15) is 5.56 Å². The SMILES string of the molecule is NC(=O)COCc1ccccc1F. The molecule has 0 atom stereocenters.